The fourth-order valence-electron chi connectivity index (χ4n) is 3.04. The summed E-state index contributed by atoms with van der Waals surface area (Å²) in [4.78, 5) is 29.0. The van der Waals surface area contributed by atoms with Crippen molar-refractivity contribution >= 4 is 23.2 Å². The molecule has 0 saturated heterocycles. The molecular formula is C25H21N3O4. The smallest absolute Gasteiger partial charge is 0.257 e. The van der Waals surface area contributed by atoms with Gasteiger partial charge in [0.05, 0.1) is 18.4 Å². The van der Waals surface area contributed by atoms with Gasteiger partial charge in [0.15, 0.2) is 0 Å². The molecule has 0 spiro atoms. The minimum Gasteiger partial charge on any atom is -0.467 e. The summed E-state index contributed by atoms with van der Waals surface area (Å²) in [5.41, 5.74) is 2.96. The molecule has 160 valence electrons. The topological polar surface area (TPSA) is 93.5 Å². The molecular weight excluding hydrogens is 406 g/mol. The van der Waals surface area contributed by atoms with Gasteiger partial charge in [-0.05, 0) is 60.2 Å². The number of amides is 2. The number of furan rings is 1. The van der Waals surface area contributed by atoms with Crippen molar-refractivity contribution in [3.63, 3.8) is 0 Å². The minimum atomic E-state index is -0.294. The Morgan fingerprint density at radius 2 is 1.56 bits per heavy atom. The van der Waals surface area contributed by atoms with Crippen LogP contribution in [0, 0.1) is 0 Å². The highest BCUT2D eigenvalue weighted by Crippen LogP contribution is 2.17. The maximum atomic E-state index is 12.7. The molecule has 2 amide bonds. The van der Waals surface area contributed by atoms with Gasteiger partial charge >= 0.3 is 0 Å². The SMILES string of the molecule is O=C(Nc1cccc(C(=O)Nc2cccc(COCc3ccco3)c2)c1)c1cccnc1. The van der Waals surface area contributed by atoms with Gasteiger partial charge < -0.3 is 19.8 Å². The van der Waals surface area contributed by atoms with E-state index in [1.54, 1.807) is 48.9 Å². The van der Waals surface area contributed by atoms with Crippen LogP contribution in [-0.2, 0) is 18.0 Å². The number of anilines is 2. The molecule has 0 atom stereocenters. The zero-order valence-corrected chi connectivity index (χ0v) is 17.2. The van der Waals surface area contributed by atoms with Gasteiger partial charge in [0.2, 0.25) is 0 Å². The summed E-state index contributed by atoms with van der Waals surface area (Å²) in [6.07, 6.45) is 4.69. The normalized spacial score (nSPS) is 10.5. The Morgan fingerprint density at radius 3 is 2.31 bits per heavy atom. The molecule has 4 rings (SSSR count). The number of pyridine rings is 1. The molecule has 2 aromatic heterocycles. The highest BCUT2D eigenvalue weighted by molar-refractivity contribution is 6.07. The average Bonchev–Trinajstić information content (AvgIpc) is 3.34. The Hall–Kier alpha value is -4.23. The van der Waals surface area contributed by atoms with E-state index in [-0.39, 0.29) is 11.8 Å². The van der Waals surface area contributed by atoms with E-state index in [2.05, 4.69) is 15.6 Å². The van der Waals surface area contributed by atoms with E-state index in [9.17, 15) is 9.59 Å². The second kappa shape index (κ2) is 10.2. The summed E-state index contributed by atoms with van der Waals surface area (Å²) >= 11 is 0. The number of hydrogen-bond donors (Lipinski definition) is 2. The highest BCUT2D eigenvalue weighted by atomic mass is 16.5. The van der Waals surface area contributed by atoms with Crippen LogP contribution in [0.3, 0.4) is 0 Å². The second-order valence-electron chi connectivity index (χ2n) is 7.00. The number of benzene rings is 2. The molecule has 7 nitrogen and oxygen atoms in total. The fraction of sp³-hybridized carbons (Fsp3) is 0.0800. The van der Waals surface area contributed by atoms with Crippen LogP contribution in [0.2, 0.25) is 0 Å². The number of carbonyl (C=O) groups is 2. The quantitative estimate of drug-likeness (QED) is 0.417. The lowest BCUT2D eigenvalue weighted by atomic mass is 10.1. The molecule has 2 heterocycles. The van der Waals surface area contributed by atoms with Crippen LogP contribution in [0.25, 0.3) is 0 Å². The Labute approximate surface area is 185 Å². The summed E-state index contributed by atoms with van der Waals surface area (Å²) in [6.45, 7) is 0.765. The third kappa shape index (κ3) is 5.68. The van der Waals surface area contributed by atoms with Crippen molar-refractivity contribution in [1.29, 1.82) is 0 Å². The summed E-state index contributed by atoms with van der Waals surface area (Å²) in [5.74, 6) is 0.180. The average molecular weight is 427 g/mol. The number of ether oxygens (including phenoxy) is 1. The Balaban J connectivity index is 1.36. The molecule has 0 aliphatic rings. The summed E-state index contributed by atoms with van der Waals surface area (Å²) in [6, 6.07) is 21.2. The predicted molar refractivity (Wildman–Crippen MR) is 120 cm³/mol. The van der Waals surface area contributed by atoms with Crippen molar-refractivity contribution in [2.75, 3.05) is 10.6 Å². The first-order valence-corrected chi connectivity index (χ1v) is 9.99. The predicted octanol–water partition coefficient (Wildman–Crippen LogP) is 4.90. The van der Waals surface area contributed by atoms with Crippen molar-refractivity contribution in [3.05, 3.63) is 114 Å². The van der Waals surface area contributed by atoms with Crippen LogP contribution in [0.4, 0.5) is 11.4 Å². The van der Waals surface area contributed by atoms with Crippen molar-refractivity contribution in [2.45, 2.75) is 13.2 Å². The molecule has 0 fully saturated rings. The van der Waals surface area contributed by atoms with Crippen LogP contribution in [0.1, 0.15) is 32.0 Å². The molecule has 0 bridgehead atoms. The molecule has 7 heteroatoms. The summed E-state index contributed by atoms with van der Waals surface area (Å²) in [7, 11) is 0. The molecule has 2 N–H and O–H groups in total. The van der Waals surface area contributed by atoms with Crippen LogP contribution >= 0.6 is 0 Å². The number of rotatable bonds is 8. The Morgan fingerprint density at radius 1 is 0.812 bits per heavy atom. The van der Waals surface area contributed by atoms with Gasteiger partial charge in [-0.15, -0.1) is 0 Å². The standard InChI is InChI=1S/C25H21N3O4/c29-24(19-6-2-9-22(14-19)28-25(30)20-7-3-11-26-15-20)27-21-8-1-5-18(13-21)16-31-17-23-10-4-12-32-23/h1-15H,16-17H2,(H,27,29)(H,28,30). The second-order valence-corrected chi connectivity index (χ2v) is 7.00. The lowest BCUT2D eigenvalue weighted by molar-refractivity contribution is 0.0929. The summed E-state index contributed by atoms with van der Waals surface area (Å²) < 4.78 is 10.9. The third-order valence-corrected chi connectivity index (χ3v) is 4.58. The van der Waals surface area contributed by atoms with E-state index < -0.39 is 0 Å². The molecule has 2 aromatic carbocycles. The monoisotopic (exact) mass is 427 g/mol. The molecule has 0 aliphatic heterocycles. The number of hydrogen-bond acceptors (Lipinski definition) is 5. The molecule has 0 saturated carbocycles. The first-order chi connectivity index (χ1) is 15.7. The number of nitrogens with one attached hydrogen (secondary N) is 2. The van der Waals surface area contributed by atoms with Gasteiger partial charge in [-0.3, -0.25) is 14.6 Å². The van der Waals surface area contributed by atoms with E-state index in [0.29, 0.717) is 35.7 Å². The zero-order chi connectivity index (χ0) is 22.2. The van der Waals surface area contributed by atoms with Gasteiger partial charge in [0.1, 0.15) is 12.4 Å². The minimum absolute atomic E-state index is 0.281. The lowest BCUT2D eigenvalue weighted by Gasteiger charge is -2.10. The largest absolute Gasteiger partial charge is 0.467 e. The summed E-state index contributed by atoms with van der Waals surface area (Å²) in [5, 5.41) is 5.66. The molecule has 4 aromatic rings. The van der Waals surface area contributed by atoms with E-state index in [1.165, 1.54) is 6.20 Å². The molecule has 0 unspecified atom stereocenters. The highest BCUT2D eigenvalue weighted by Gasteiger charge is 2.10. The maximum Gasteiger partial charge on any atom is 0.257 e. The van der Waals surface area contributed by atoms with Gasteiger partial charge in [0, 0.05) is 29.3 Å². The number of carbonyl (C=O) groups excluding carboxylic acids is 2. The fourth-order valence-corrected chi connectivity index (χ4v) is 3.04. The van der Waals surface area contributed by atoms with Crippen molar-refractivity contribution in [2.24, 2.45) is 0 Å². The van der Waals surface area contributed by atoms with Gasteiger partial charge in [-0.1, -0.05) is 18.2 Å². The van der Waals surface area contributed by atoms with Crippen molar-refractivity contribution < 1.29 is 18.7 Å². The van der Waals surface area contributed by atoms with Crippen LogP contribution < -0.4 is 10.6 Å². The van der Waals surface area contributed by atoms with Crippen molar-refractivity contribution in [1.82, 2.24) is 4.98 Å². The maximum absolute atomic E-state index is 12.7. The van der Waals surface area contributed by atoms with E-state index >= 15 is 0 Å². The van der Waals surface area contributed by atoms with Crippen LogP contribution in [0.5, 0.6) is 0 Å². The molecule has 32 heavy (non-hydrogen) atoms. The van der Waals surface area contributed by atoms with Gasteiger partial charge in [0.25, 0.3) is 11.8 Å². The van der Waals surface area contributed by atoms with E-state index in [1.807, 2.05) is 36.4 Å². The molecule has 0 aliphatic carbocycles. The van der Waals surface area contributed by atoms with Gasteiger partial charge in [-0.25, -0.2) is 0 Å². The lowest BCUT2D eigenvalue weighted by Crippen LogP contribution is -2.15. The Kier molecular flexibility index (Phi) is 6.69. The van der Waals surface area contributed by atoms with Crippen LogP contribution in [-0.4, -0.2) is 16.8 Å². The van der Waals surface area contributed by atoms with Gasteiger partial charge in [-0.2, -0.15) is 0 Å². The third-order valence-electron chi connectivity index (χ3n) is 4.58. The van der Waals surface area contributed by atoms with E-state index in [0.717, 1.165) is 11.3 Å². The zero-order valence-electron chi connectivity index (χ0n) is 17.2. The Bertz CT molecular complexity index is 1190. The van der Waals surface area contributed by atoms with Crippen molar-refractivity contribution in [3.8, 4) is 0 Å². The molecule has 0 radical (unpaired) electrons. The first-order valence-electron chi connectivity index (χ1n) is 9.99. The van der Waals surface area contributed by atoms with E-state index in [4.69, 9.17) is 9.15 Å². The van der Waals surface area contributed by atoms with Crippen LogP contribution in [0.15, 0.2) is 95.9 Å². The number of nitrogens with zero attached hydrogens (tertiary/aromatic N) is 1. The number of aromatic nitrogens is 1. The first kappa shape index (κ1) is 21.0.